The molecule has 1 aliphatic heterocycles. The van der Waals surface area contributed by atoms with Crippen LogP contribution in [0.15, 0.2) is 17.3 Å². The number of aromatic nitrogens is 2. The summed E-state index contributed by atoms with van der Waals surface area (Å²) in [5.74, 6) is 0.270. The molecule has 1 atom stereocenters. The van der Waals surface area contributed by atoms with Crippen LogP contribution in [-0.4, -0.2) is 42.1 Å². The third-order valence-electron chi connectivity index (χ3n) is 3.20. The smallest absolute Gasteiger partial charge is 0.260 e. The Bertz CT molecular complexity index is 482. The van der Waals surface area contributed by atoms with Crippen LogP contribution >= 0.6 is 0 Å². The number of nitrogens with zero attached hydrogens (tertiary/aromatic N) is 3. The summed E-state index contributed by atoms with van der Waals surface area (Å²) in [5, 5.41) is 4.15. The van der Waals surface area contributed by atoms with E-state index in [4.69, 9.17) is 5.73 Å². The maximum atomic E-state index is 12.4. The van der Waals surface area contributed by atoms with Crippen LogP contribution in [0.5, 0.6) is 0 Å². The van der Waals surface area contributed by atoms with Crippen LogP contribution in [0.4, 0.5) is 0 Å². The molecule has 2 heterocycles. The quantitative estimate of drug-likeness (QED) is 0.812. The van der Waals surface area contributed by atoms with E-state index >= 15 is 0 Å². The van der Waals surface area contributed by atoms with Gasteiger partial charge in [0.25, 0.3) is 10.0 Å². The van der Waals surface area contributed by atoms with Crippen LogP contribution in [-0.2, 0) is 17.1 Å². The van der Waals surface area contributed by atoms with Crippen molar-refractivity contribution in [1.29, 1.82) is 0 Å². The molecule has 0 saturated carbocycles. The first-order chi connectivity index (χ1) is 8.05. The minimum atomic E-state index is -3.41. The van der Waals surface area contributed by atoms with Gasteiger partial charge >= 0.3 is 0 Å². The number of aryl methyl sites for hydroxylation is 1. The summed E-state index contributed by atoms with van der Waals surface area (Å²) in [7, 11) is -1.78. The molecule has 1 saturated heterocycles. The maximum Gasteiger partial charge on any atom is 0.260 e. The molecule has 1 aliphatic rings. The van der Waals surface area contributed by atoms with Gasteiger partial charge in [-0.2, -0.15) is 9.40 Å². The molecule has 2 rings (SSSR count). The molecule has 0 aromatic carbocycles. The highest BCUT2D eigenvalue weighted by atomic mass is 32.2. The SMILES string of the molecule is Cn1nccc1S(=O)(=O)N1CCCC(CN)C1. The minimum Gasteiger partial charge on any atom is -0.330 e. The van der Waals surface area contributed by atoms with Crippen molar-refractivity contribution in [2.24, 2.45) is 18.7 Å². The third kappa shape index (κ3) is 2.36. The van der Waals surface area contributed by atoms with Crippen LogP contribution in [0, 0.1) is 5.92 Å². The molecule has 7 heteroatoms. The molecular weight excluding hydrogens is 240 g/mol. The monoisotopic (exact) mass is 258 g/mol. The fourth-order valence-electron chi connectivity index (χ4n) is 2.18. The topological polar surface area (TPSA) is 81.2 Å². The van der Waals surface area contributed by atoms with Crippen molar-refractivity contribution in [2.45, 2.75) is 17.9 Å². The zero-order valence-corrected chi connectivity index (χ0v) is 10.7. The first-order valence-electron chi connectivity index (χ1n) is 5.74. The van der Waals surface area contributed by atoms with Gasteiger partial charge in [-0.1, -0.05) is 0 Å². The van der Waals surface area contributed by atoms with Crippen molar-refractivity contribution >= 4 is 10.0 Å². The summed E-state index contributed by atoms with van der Waals surface area (Å²) >= 11 is 0. The van der Waals surface area contributed by atoms with Crippen LogP contribution in [0.3, 0.4) is 0 Å². The largest absolute Gasteiger partial charge is 0.330 e. The second-order valence-corrected chi connectivity index (χ2v) is 6.28. The zero-order valence-electron chi connectivity index (χ0n) is 9.91. The molecule has 1 unspecified atom stereocenters. The summed E-state index contributed by atoms with van der Waals surface area (Å²) in [6.07, 6.45) is 3.38. The molecule has 0 amide bonds. The highest BCUT2D eigenvalue weighted by Gasteiger charge is 2.31. The van der Waals surface area contributed by atoms with Crippen molar-refractivity contribution in [3.63, 3.8) is 0 Å². The molecule has 17 heavy (non-hydrogen) atoms. The Morgan fingerprint density at radius 2 is 2.35 bits per heavy atom. The van der Waals surface area contributed by atoms with Gasteiger partial charge in [0.15, 0.2) is 5.03 Å². The van der Waals surface area contributed by atoms with E-state index in [-0.39, 0.29) is 10.9 Å². The Labute approximate surface area is 101 Å². The maximum absolute atomic E-state index is 12.4. The van der Waals surface area contributed by atoms with Gasteiger partial charge in [0, 0.05) is 20.1 Å². The van der Waals surface area contributed by atoms with E-state index in [2.05, 4.69) is 5.10 Å². The number of piperidine rings is 1. The van der Waals surface area contributed by atoms with E-state index in [1.807, 2.05) is 0 Å². The molecule has 96 valence electrons. The Balaban J connectivity index is 2.24. The molecular formula is C10H18N4O2S. The molecule has 1 aromatic heterocycles. The summed E-state index contributed by atoms with van der Waals surface area (Å²) in [4.78, 5) is 0. The van der Waals surface area contributed by atoms with Crippen LogP contribution < -0.4 is 5.73 Å². The first kappa shape index (κ1) is 12.5. The summed E-state index contributed by atoms with van der Waals surface area (Å²) < 4.78 is 27.6. The van der Waals surface area contributed by atoms with Gasteiger partial charge in [-0.05, 0) is 31.4 Å². The Hall–Kier alpha value is -0.920. The lowest BCUT2D eigenvalue weighted by atomic mass is 10.0. The highest BCUT2D eigenvalue weighted by Crippen LogP contribution is 2.22. The fraction of sp³-hybridized carbons (Fsp3) is 0.700. The second-order valence-electron chi connectivity index (χ2n) is 4.40. The average Bonchev–Trinajstić information content (AvgIpc) is 2.76. The van der Waals surface area contributed by atoms with Crippen molar-refractivity contribution in [2.75, 3.05) is 19.6 Å². The van der Waals surface area contributed by atoms with E-state index in [1.54, 1.807) is 7.05 Å². The lowest BCUT2D eigenvalue weighted by Gasteiger charge is -2.31. The normalized spacial score (nSPS) is 22.8. The van der Waals surface area contributed by atoms with Gasteiger partial charge in [-0.3, -0.25) is 4.68 Å². The Morgan fingerprint density at radius 1 is 1.59 bits per heavy atom. The Morgan fingerprint density at radius 3 is 2.94 bits per heavy atom. The highest BCUT2D eigenvalue weighted by molar-refractivity contribution is 7.89. The molecule has 0 spiro atoms. The van der Waals surface area contributed by atoms with Crippen molar-refractivity contribution < 1.29 is 8.42 Å². The number of rotatable bonds is 3. The van der Waals surface area contributed by atoms with Crippen molar-refractivity contribution in [1.82, 2.24) is 14.1 Å². The number of hydrogen-bond acceptors (Lipinski definition) is 4. The molecule has 0 radical (unpaired) electrons. The van der Waals surface area contributed by atoms with Crippen molar-refractivity contribution in [3.05, 3.63) is 12.3 Å². The molecule has 0 aliphatic carbocycles. The van der Waals surface area contributed by atoms with E-state index in [0.29, 0.717) is 19.6 Å². The van der Waals surface area contributed by atoms with E-state index in [9.17, 15) is 8.42 Å². The number of sulfonamides is 1. The predicted molar refractivity (Wildman–Crippen MR) is 63.7 cm³/mol. The van der Waals surface area contributed by atoms with Crippen LogP contribution in [0.25, 0.3) is 0 Å². The summed E-state index contributed by atoms with van der Waals surface area (Å²) in [6, 6.07) is 1.53. The fourth-order valence-corrected chi connectivity index (χ4v) is 3.84. The van der Waals surface area contributed by atoms with Gasteiger partial charge < -0.3 is 5.73 Å². The van der Waals surface area contributed by atoms with E-state index in [0.717, 1.165) is 12.8 Å². The van der Waals surface area contributed by atoms with Crippen molar-refractivity contribution in [3.8, 4) is 0 Å². The lowest BCUT2D eigenvalue weighted by Crippen LogP contribution is -2.42. The lowest BCUT2D eigenvalue weighted by molar-refractivity contribution is 0.270. The standard InChI is InChI=1S/C10H18N4O2S/c1-13-10(4-5-12-13)17(15,16)14-6-2-3-9(7-11)8-14/h4-5,9H,2-3,6-8,11H2,1H3. The summed E-state index contributed by atoms with van der Waals surface area (Å²) in [6.45, 7) is 1.63. The summed E-state index contributed by atoms with van der Waals surface area (Å²) in [5.41, 5.74) is 5.62. The molecule has 0 bridgehead atoms. The van der Waals surface area contributed by atoms with Gasteiger partial charge in [-0.15, -0.1) is 0 Å². The van der Waals surface area contributed by atoms with Gasteiger partial charge in [0.2, 0.25) is 0 Å². The van der Waals surface area contributed by atoms with E-state index < -0.39 is 10.0 Å². The molecule has 1 aromatic rings. The molecule has 6 nitrogen and oxygen atoms in total. The average molecular weight is 258 g/mol. The van der Waals surface area contributed by atoms with Gasteiger partial charge in [0.1, 0.15) is 0 Å². The molecule has 2 N–H and O–H groups in total. The Kier molecular flexibility index (Phi) is 3.50. The van der Waals surface area contributed by atoms with E-state index in [1.165, 1.54) is 21.3 Å². The minimum absolute atomic E-state index is 0.246. The first-order valence-corrected chi connectivity index (χ1v) is 7.18. The number of nitrogens with two attached hydrogens (primary N) is 1. The predicted octanol–water partition coefficient (Wildman–Crippen LogP) is -0.220. The van der Waals surface area contributed by atoms with Gasteiger partial charge in [0.05, 0.1) is 6.20 Å². The van der Waals surface area contributed by atoms with Crippen LogP contribution in [0.1, 0.15) is 12.8 Å². The van der Waals surface area contributed by atoms with Crippen LogP contribution in [0.2, 0.25) is 0 Å². The zero-order chi connectivity index (χ0) is 12.5. The third-order valence-corrected chi connectivity index (χ3v) is 5.14. The second kappa shape index (κ2) is 4.75. The molecule has 1 fully saturated rings. The van der Waals surface area contributed by atoms with Gasteiger partial charge in [-0.25, -0.2) is 8.42 Å². The number of hydrogen-bond donors (Lipinski definition) is 1.